The van der Waals surface area contributed by atoms with Gasteiger partial charge in [0.2, 0.25) is 0 Å². The molecule has 0 radical (unpaired) electrons. The third kappa shape index (κ3) is 5.42. The number of carbonyl (C=O) groups excluding carboxylic acids is 1. The highest BCUT2D eigenvalue weighted by Crippen LogP contribution is 2.24. The molecule has 1 saturated heterocycles. The second-order valence-corrected chi connectivity index (χ2v) is 10.3. The summed E-state index contributed by atoms with van der Waals surface area (Å²) in [7, 11) is 0. The Kier molecular flexibility index (Phi) is 7.72. The summed E-state index contributed by atoms with van der Waals surface area (Å²) < 4.78 is 41.3. The number of carbonyl (C=O) groups is 1. The number of benzene rings is 1. The molecule has 2 aromatic heterocycles. The summed E-state index contributed by atoms with van der Waals surface area (Å²) in [6.45, 7) is 7.48. The van der Waals surface area contributed by atoms with E-state index in [2.05, 4.69) is 47.8 Å². The van der Waals surface area contributed by atoms with Gasteiger partial charge in [0.25, 0.3) is 5.91 Å². The summed E-state index contributed by atoms with van der Waals surface area (Å²) in [6, 6.07) is 9.44. The fraction of sp³-hybridized carbons (Fsp3) is 0.400. The minimum absolute atomic E-state index is 0.0233. The molecule has 1 fully saturated rings. The highest BCUT2D eigenvalue weighted by molar-refractivity contribution is 5.96. The number of pyridine rings is 1. The lowest BCUT2D eigenvalue weighted by Crippen LogP contribution is -2.41. The Balaban J connectivity index is 1.57. The zero-order chi connectivity index (χ0) is 26.8. The van der Waals surface area contributed by atoms with Crippen molar-refractivity contribution < 1.29 is 23.0 Å². The van der Waals surface area contributed by atoms with Gasteiger partial charge in [0.1, 0.15) is 0 Å². The molecule has 5 rings (SSSR count). The first kappa shape index (κ1) is 26.3. The molecule has 1 aliphatic carbocycles. The van der Waals surface area contributed by atoms with E-state index in [1.165, 1.54) is 6.07 Å². The Morgan fingerprint density at radius 1 is 1.21 bits per heavy atom. The lowest BCUT2D eigenvalue weighted by Gasteiger charge is -2.24. The van der Waals surface area contributed by atoms with E-state index in [-0.39, 0.29) is 36.7 Å². The van der Waals surface area contributed by atoms with Crippen molar-refractivity contribution in [1.82, 2.24) is 14.9 Å². The van der Waals surface area contributed by atoms with E-state index in [1.807, 2.05) is 18.2 Å². The number of amides is 1. The minimum Gasteiger partial charge on any atom is -0.353 e. The van der Waals surface area contributed by atoms with Crippen LogP contribution in [-0.4, -0.2) is 34.5 Å². The van der Waals surface area contributed by atoms with Crippen LogP contribution in [0.25, 0.3) is 12.2 Å². The lowest BCUT2D eigenvalue weighted by atomic mass is 9.96. The maximum absolute atomic E-state index is 13.7. The van der Waals surface area contributed by atoms with Crippen LogP contribution in [0.1, 0.15) is 66.8 Å². The van der Waals surface area contributed by atoms with Gasteiger partial charge in [0.15, 0.2) is 17.9 Å². The average Bonchev–Trinajstić information content (AvgIpc) is 3.52. The first-order valence-corrected chi connectivity index (χ1v) is 13.2. The first-order valence-electron chi connectivity index (χ1n) is 13.2. The molecule has 38 heavy (non-hydrogen) atoms. The monoisotopic (exact) mass is 521 g/mol. The largest absolute Gasteiger partial charge is 0.353 e. The lowest BCUT2D eigenvalue weighted by molar-refractivity contribution is -0.133. The molecule has 200 valence electrons. The Bertz CT molecular complexity index is 1430. The SMILES string of the molecule is CC(C)c1c(C(=O)NCc2ccc(F)c(F)c2)c2c(n1Cc1ccccn1)=CC(OC1CCCO1)C(C)C=2. The van der Waals surface area contributed by atoms with Crippen LogP contribution in [-0.2, 0) is 22.6 Å². The van der Waals surface area contributed by atoms with Gasteiger partial charge in [-0.3, -0.25) is 9.78 Å². The van der Waals surface area contributed by atoms with Crippen LogP contribution in [0.5, 0.6) is 0 Å². The molecule has 1 aromatic carbocycles. The van der Waals surface area contributed by atoms with Crippen LogP contribution in [0.4, 0.5) is 8.78 Å². The van der Waals surface area contributed by atoms with Gasteiger partial charge in [-0.15, -0.1) is 0 Å². The number of rotatable bonds is 8. The van der Waals surface area contributed by atoms with Gasteiger partial charge < -0.3 is 19.4 Å². The molecule has 1 amide bonds. The van der Waals surface area contributed by atoms with E-state index in [4.69, 9.17) is 9.47 Å². The normalized spacial score (nSPS) is 20.6. The third-order valence-corrected chi connectivity index (χ3v) is 7.11. The molecular formula is C30H33F2N3O3. The van der Waals surface area contributed by atoms with Crippen molar-refractivity contribution in [2.45, 2.75) is 65.0 Å². The summed E-state index contributed by atoms with van der Waals surface area (Å²) in [4.78, 5) is 18.2. The van der Waals surface area contributed by atoms with Gasteiger partial charge in [-0.05, 0) is 48.2 Å². The van der Waals surface area contributed by atoms with Crippen molar-refractivity contribution in [2.24, 2.45) is 5.92 Å². The molecule has 1 N–H and O–H groups in total. The van der Waals surface area contributed by atoms with Gasteiger partial charge >= 0.3 is 0 Å². The van der Waals surface area contributed by atoms with Gasteiger partial charge in [-0.25, -0.2) is 8.78 Å². The fourth-order valence-corrected chi connectivity index (χ4v) is 5.27. The van der Waals surface area contributed by atoms with E-state index < -0.39 is 11.6 Å². The van der Waals surface area contributed by atoms with Gasteiger partial charge in [0.05, 0.1) is 23.9 Å². The van der Waals surface area contributed by atoms with Crippen LogP contribution in [0, 0.1) is 17.6 Å². The Hall–Kier alpha value is -3.36. The van der Waals surface area contributed by atoms with E-state index >= 15 is 0 Å². The Labute approximate surface area is 221 Å². The van der Waals surface area contributed by atoms with E-state index in [0.717, 1.165) is 46.9 Å². The Morgan fingerprint density at radius 3 is 2.74 bits per heavy atom. The smallest absolute Gasteiger partial charge is 0.254 e. The quantitative estimate of drug-likeness (QED) is 0.487. The molecule has 3 aromatic rings. The summed E-state index contributed by atoms with van der Waals surface area (Å²) in [5, 5.41) is 4.70. The topological polar surface area (TPSA) is 65.4 Å². The molecule has 0 saturated carbocycles. The number of nitrogens with zero attached hydrogens (tertiary/aromatic N) is 2. The van der Waals surface area contributed by atoms with Crippen molar-refractivity contribution in [3.8, 4) is 0 Å². The zero-order valence-electron chi connectivity index (χ0n) is 21.9. The number of hydrogen-bond donors (Lipinski definition) is 1. The maximum Gasteiger partial charge on any atom is 0.254 e. The van der Waals surface area contributed by atoms with Crippen LogP contribution < -0.4 is 15.9 Å². The van der Waals surface area contributed by atoms with Crippen LogP contribution in [0.15, 0.2) is 42.6 Å². The van der Waals surface area contributed by atoms with Crippen molar-refractivity contribution in [3.63, 3.8) is 0 Å². The maximum atomic E-state index is 13.7. The van der Waals surface area contributed by atoms with Crippen molar-refractivity contribution in [2.75, 3.05) is 6.61 Å². The third-order valence-electron chi connectivity index (χ3n) is 7.11. The second-order valence-electron chi connectivity index (χ2n) is 10.3. The predicted octanol–water partition coefficient (Wildman–Crippen LogP) is 4.00. The molecular weight excluding hydrogens is 488 g/mol. The predicted molar refractivity (Wildman–Crippen MR) is 141 cm³/mol. The number of nitrogens with one attached hydrogen (secondary N) is 1. The highest BCUT2D eigenvalue weighted by Gasteiger charge is 2.30. The molecule has 2 aliphatic rings. The molecule has 8 heteroatoms. The summed E-state index contributed by atoms with van der Waals surface area (Å²) in [5.74, 6) is -2.06. The first-order chi connectivity index (χ1) is 18.3. The van der Waals surface area contributed by atoms with Gasteiger partial charge in [-0.1, -0.05) is 39.0 Å². The zero-order valence-corrected chi connectivity index (χ0v) is 21.9. The molecule has 1 aliphatic heterocycles. The van der Waals surface area contributed by atoms with Gasteiger partial charge in [-0.2, -0.15) is 0 Å². The Morgan fingerprint density at radius 2 is 2.05 bits per heavy atom. The summed E-state index contributed by atoms with van der Waals surface area (Å²) in [5.41, 5.74) is 2.84. The van der Waals surface area contributed by atoms with Crippen molar-refractivity contribution >= 4 is 18.1 Å². The van der Waals surface area contributed by atoms with E-state index in [9.17, 15) is 13.6 Å². The fourth-order valence-electron chi connectivity index (χ4n) is 5.27. The minimum atomic E-state index is -0.937. The average molecular weight is 522 g/mol. The van der Waals surface area contributed by atoms with E-state index in [0.29, 0.717) is 24.3 Å². The molecule has 6 nitrogen and oxygen atoms in total. The molecule has 3 unspecified atom stereocenters. The number of ether oxygens (including phenoxy) is 2. The summed E-state index contributed by atoms with van der Waals surface area (Å²) >= 11 is 0. The van der Waals surface area contributed by atoms with Crippen LogP contribution in [0.3, 0.4) is 0 Å². The van der Waals surface area contributed by atoms with E-state index in [1.54, 1.807) is 6.20 Å². The van der Waals surface area contributed by atoms with Crippen LogP contribution in [0.2, 0.25) is 0 Å². The van der Waals surface area contributed by atoms with Crippen molar-refractivity contribution in [1.29, 1.82) is 0 Å². The second kappa shape index (κ2) is 11.2. The standard InChI is InChI=1S/C30H33F2N3O3/c1-18(2)29-28(30(36)34-16-20-9-10-23(31)24(32)14-20)22-13-19(3)26(38-27-8-6-12-37-27)15-25(22)35(29)17-21-7-4-5-11-33-21/h4-5,7,9-11,13-15,18-19,26-27H,6,8,12,16-17H2,1-3H3,(H,34,36). The number of hydrogen-bond acceptors (Lipinski definition) is 4. The molecule has 3 atom stereocenters. The molecule has 0 bridgehead atoms. The highest BCUT2D eigenvalue weighted by atomic mass is 19.2. The number of aromatic nitrogens is 2. The van der Waals surface area contributed by atoms with Gasteiger partial charge in [0, 0.05) is 47.9 Å². The van der Waals surface area contributed by atoms with Crippen molar-refractivity contribution in [3.05, 3.63) is 87.3 Å². The number of halogens is 2. The number of fused-ring (bicyclic) bond motifs is 1. The molecule has 3 heterocycles. The summed E-state index contributed by atoms with van der Waals surface area (Å²) in [6.07, 6.45) is 7.39. The van der Waals surface area contributed by atoms with Crippen LogP contribution >= 0.6 is 0 Å². The molecule has 0 spiro atoms.